The Morgan fingerprint density at radius 3 is 2.19 bits per heavy atom. The zero-order valence-corrected chi connectivity index (χ0v) is 16.7. The van der Waals surface area contributed by atoms with Crippen LogP contribution in [0.2, 0.25) is 0 Å². The predicted octanol–water partition coefficient (Wildman–Crippen LogP) is 2.76. The monoisotopic (exact) mass is 358 g/mol. The van der Waals surface area contributed by atoms with Gasteiger partial charge in [0.15, 0.2) is 0 Å². The van der Waals surface area contributed by atoms with Crippen LogP contribution < -0.4 is 10.2 Å². The summed E-state index contributed by atoms with van der Waals surface area (Å²) >= 11 is 0. The highest BCUT2D eigenvalue weighted by molar-refractivity contribution is 6.55. The Kier molecular flexibility index (Phi) is 5.77. The van der Waals surface area contributed by atoms with Crippen LogP contribution in [0.3, 0.4) is 0 Å². The van der Waals surface area contributed by atoms with Crippen molar-refractivity contribution in [1.29, 1.82) is 0 Å². The molecule has 0 bridgehead atoms. The van der Waals surface area contributed by atoms with Gasteiger partial charge in [0.1, 0.15) is 0 Å². The summed E-state index contributed by atoms with van der Waals surface area (Å²) in [5.41, 5.74) is 2.85. The van der Waals surface area contributed by atoms with Crippen molar-refractivity contribution in [2.75, 3.05) is 44.8 Å². The summed E-state index contributed by atoms with van der Waals surface area (Å²) in [6.07, 6.45) is 2.17. The van der Waals surface area contributed by atoms with E-state index in [0.29, 0.717) is 0 Å². The van der Waals surface area contributed by atoms with Crippen LogP contribution in [-0.4, -0.2) is 58.2 Å². The lowest BCUT2D eigenvalue weighted by atomic mass is 9.77. The zero-order chi connectivity index (χ0) is 18.8. The molecule has 5 nitrogen and oxygen atoms in total. The predicted molar refractivity (Wildman–Crippen MR) is 107 cm³/mol. The summed E-state index contributed by atoms with van der Waals surface area (Å²) in [6, 6.07) is 8.67. The van der Waals surface area contributed by atoms with E-state index >= 15 is 0 Å². The SMILES string of the molecule is CNCC(=Cc1ccc(N2CCOCC2)cc1)B1OC(C)(C)C(C)(C)O1. The van der Waals surface area contributed by atoms with Gasteiger partial charge in [-0.1, -0.05) is 18.2 Å². The fourth-order valence-corrected chi connectivity index (χ4v) is 3.22. The first-order valence-electron chi connectivity index (χ1n) is 9.46. The van der Waals surface area contributed by atoms with Crippen LogP contribution in [0.4, 0.5) is 5.69 Å². The molecule has 142 valence electrons. The molecular formula is C20H31BN2O3. The summed E-state index contributed by atoms with van der Waals surface area (Å²) in [5.74, 6) is 0. The third-order valence-electron chi connectivity index (χ3n) is 5.56. The molecule has 2 aliphatic heterocycles. The van der Waals surface area contributed by atoms with Crippen LogP contribution >= 0.6 is 0 Å². The number of hydrogen-bond donors (Lipinski definition) is 1. The van der Waals surface area contributed by atoms with Crippen LogP contribution in [0.15, 0.2) is 29.7 Å². The lowest BCUT2D eigenvalue weighted by Crippen LogP contribution is -2.41. The second-order valence-corrected chi connectivity index (χ2v) is 8.03. The standard InChI is InChI=1S/C20H31BN2O3/c1-19(2)20(3,4)26-21(25-19)17(15-22-5)14-16-6-8-18(9-7-16)23-10-12-24-13-11-23/h6-9,14,22H,10-13,15H2,1-5H3. The number of nitrogens with one attached hydrogen (secondary N) is 1. The molecule has 0 amide bonds. The number of morpholine rings is 1. The van der Waals surface area contributed by atoms with Gasteiger partial charge < -0.3 is 24.3 Å². The minimum Gasteiger partial charge on any atom is -0.400 e. The van der Waals surface area contributed by atoms with Gasteiger partial charge in [-0.15, -0.1) is 0 Å². The first kappa shape index (κ1) is 19.4. The first-order chi connectivity index (χ1) is 12.3. The van der Waals surface area contributed by atoms with Crippen LogP contribution in [0.5, 0.6) is 0 Å². The smallest absolute Gasteiger partial charge is 0.400 e. The molecule has 2 aliphatic rings. The molecule has 1 aromatic rings. The quantitative estimate of drug-likeness (QED) is 0.820. The highest BCUT2D eigenvalue weighted by Gasteiger charge is 2.52. The molecule has 2 saturated heterocycles. The molecule has 2 fully saturated rings. The molecular weight excluding hydrogens is 327 g/mol. The van der Waals surface area contributed by atoms with Crippen LogP contribution in [0.1, 0.15) is 33.3 Å². The second-order valence-electron chi connectivity index (χ2n) is 8.03. The van der Waals surface area contributed by atoms with Crippen molar-refractivity contribution in [1.82, 2.24) is 5.32 Å². The molecule has 2 heterocycles. The average molecular weight is 358 g/mol. The van der Waals surface area contributed by atoms with Gasteiger partial charge in [0.25, 0.3) is 0 Å². The Bertz CT molecular complexity index is 621. The molecule has 0 aromatic heterocycles. The number of hydrogen-bond acceptors (Lipinski definition) is 5. The van der Waals surface area contributed by atoms with E-state index in [1.54, 1.807) is 0 Å². The fourth-order valence-electron chi connectivity index (χ4n) is 3.22. The van der Waals surface area contributed by atoms with Gasteiger partial charge in [-0.05, 0) is 57.9 Å². The maximum atomic E-state index is 6.22. The van der Waals surface area contributed by atoms with E-state index in [-0.39, 0.29) is 18.3 Å². The zero-order valence-electron chi connectivity index (χ0n) is 16.7. The van der Waals surface area contributed by atoms with Gasteiger partial charge in [-0.25, -0.2) is 0 Å². The van der Waals surface area contributed by atoms with Gasteiger partial charge >= 0.3 is 7.12 Å². The Morgan fingerprint density at radius 2 is 1.65 bits per heavy atom. The third kappa shape index (κ3) is 4.14. The lowest BCUT2D eigenvalue weighted by Gasteiger charge is -2.32. The van der Waals surface area contributed by atoms with Gasteiger partial charge in [0.2, 0.25) is 0 Å². The third-order valence-corrected chi connectivity index (χ3v) is 5.56. The largest absolute Gasteiger partial charge is 0.491 e. The summed E-state index contributed by atoms with van der Waals surface area (Å²) in [6.45, 7) is 12.6. The summed E-state index contributed by atoms with van der Waals surface area (Å²) < 4.78 is 17.9. The molecule has 0 saturated carbocycles. The van der Waals surface area contributed by atoms with Crippen molar-refractivity contribution >= 4 is 18.9 Å². The molecule has 0 radical (unpaired) electrons. The Labute approximate surface area is 157 Å². The molecule has 0 aliphatic carbocycles. The van der Waals surface area contributed by atoms with E-state index in [0.717, 1.165) is 43.9 Å². The number of anilines is 1. The molecule has 26 heavy (non-hydrogen) atoms. The topological polar surface area (TPSA) is 43.0 Å². The number of nitrogens with zero attached hydrogens (tertiary/aromatic N) is 1. The molecule has 1 aromatic carbocycles. The number of benzene rings is 1. The van der Waals surface area contributed by atoms with Gasteiger partial charge in [-0.3, -0.25) is 0 Å². The number of likely N-dealkylation sites (N-methyl/N-ethyl adjacent to an activating group) is 1. The molecule has 1 N–H and O–H groups in total. The Hall–Kier alpha value is -1.34. The van der Waals surface area contributed by atoms with E-state index in [2.05, 4.69) is 68.3 Å². The van der Waals surface area contributed by atoms with E-state index in [1.807, 2.05) is 7.05 Å². The fraction of sp³-hybridized carbons (Fsp3) is 0.600. The molecule has 0 unspecified atom stereocenters. The lowest BCUT2D eigenvalue weighted by molar-refractivity contribution is 0.00578. The second kappa shape index (κ2) is 7.73. The number of rotatable bonds is 5. The maximum Gasteiger partial charge on any atom is 0.491 e. The van der Waals surface area contributed by atoms with E-state index in [1.165, 1.54) is 5.69 Å². The Balaban J connectivity index is 1.76. The molecule has 0 atom stereocenters. The minimum absolute atomic E-state index is 0.327. The van der Waals surface area contributed by atoms with Crippen molar-refractivity contribution in [3.8, 4) is 0 Å². The summed E-state index contributed by atoms with van der Waals surface area (Å²) in [4.78, 5) is 2.36. The van der Waals surface area contributed by atoms with Gasteiger partial charge in [0.05, 0.1) is 24.4 Å². The van der Waals surface area contributed by atoms with Crippen LogP contribution in [-0.2, 0) is 14.0 Å². The normalized spacial score (nSPS) is 22.7. The minimum atomic E-state index is -0.329. The van der Waals surface area contributed by atoms with Crippen molar-refractivity contribution in [3.63, 3.8) is 0 Å². The van der Waals surface area contributed by atoms with Crippen molar-refractivity contribution in [2.24, 2.45) is 0 Å². The van der Waals surface area contributed by atoms with E-state index in [9.17, 15) is 0 Å². The first-order valence-corrected chi connectivity index (χ1v) is 9.46. The molecule has 0 spiro atoms. The van der Waals surface area contributed by atoms with E-state index < -0.39 is 0 Å². The number of ether oxygens (including phenoxy) is 1. The Morgan fingerprint density at radius 1 is 1.08 bits per heavy atom. The van der Waals surface area contributed by atoms with Crippen LogP contribution in [0, 0.1) is 0 Å². The summed E-state index contributed by atoms with van der Waals surface area (Å²) in [7, 11) is 1.62. The van der Waals surface area contributed by atoms with E-state index in [4.69, 9.17) is 14.0 Å². The van der Waals surface area contributed by atoms with Crippen molar-refractivity contribution in [2.45, 2.75) is 38.9 Å². The average Bonchev–Trinajstić information content (AvgIpc) is 2.84. The van der Waals surface area contributed by atoms with Crippen molar-refractivity contribution in [3.05, 3.63) is 35.3 Å². The maximum absolute atomic E-state index is 6.22. The van der Waals surface area contributed by atoms with Gasteiger partial charge in [-0.2, -0.15) is 0 Å². The molecule has 3 rings (SSSR count). The highest BCUT2D eigenvalue weighted by Crippen LogP contribution is 2.38. The van der Waals surface area contributed by atoms with Gasteiger partial charge in [0, 0.05) is 25.3 Å². The molecule has 6 heteroatoms. The van der Waals surface area contributed by atoms with Crippen LogP contribution in [0.25, 0.3) is 6.08 Å². The highest BCUT2D eigenvalue weighted by atomic mass is 16.7. The summed E-state index contributed by atoms with van der Waals surface area (Å²) in [5, 5.41) is 3.23. The van der Waals surface area contributed by atoms with Crippen molar-refractivity contribution < 1.29 is 14.0 Å².